The monoisotopic (exact) mass is 397 g/mol. The molecule has 0 radical (unpaired) electrons. The predicted octanol–water partition coefficient (Wildman–Crippen LogP) is 1.65. The molecule has 1 aromatic carbocycles. The first kappa shape index (κ1) is 21.0. The molecule has 2 aromatic rings. The molecule has 0 aliphatic carbocycles. The first-order valence-electron chi connectivity index (χ1n) is 10.2. The number of piperazine rings is 1. The van der Waals surface area contributed by atoms with E-state index in [2.05, 4.69) is 16.9 Å². The molecule has 1 aliphatic heterocycles. The molecule has 2 amide bonds. The molecule has 0 unspecified atom stereocenters. The van der Waals surface area contributed by atoms with E-state index in [9.17, 15) is 9.59 Å². The Morgan fingerprint density at radius 1 is 1.03 bits per heavy atom. The highest BCUT2D eigenvalue weighted by Crippen LogP contribution is 2.20. The Balaban J connectivity index is 1.54. The summed E-state index contributed by atoms with van der Waals surface area (Å²) in [4.78, 5) is 30.2. The number of para-hydroxylation sites is 1. The number of amides is 2. The summed E-state index contributed by atoms with van der Waals surface area (Å²) in [6, 6.07) is 10.1. The maximum Gasteiger partial charge on any atom is 0.236 e. The first-order chi connectivity index (χ1) is 13.9. The maximum absolute atomic E-state index is 12.7. The summed E-state index contributed by atoms with van der Waals surface area (Å²) >= 11 is 0. The zero-order chi connectivity index (χ0) is 21.0. The lowest BCUT2D eigenvalue weighted by atomic mass is 10.1. The molecule has 1 aromatic heterocycles. The average Bonchev–Trinajstić information content (AvgIpc) is 3.01. The van der Waals surface area contributed by atoms with Gasteiger partial charge in [0.25, 0.3) is 0 Å². The van der Waals surface area contributed by atoms with E-state index < -0.39 is 0 Å². The predicted molar refractivity (Wildman–Crippen MR) is 113 cm³/mol. The van der Waals surface area contributed by atoms with Gasteiger partial charge in [-0.05, 0) is 38.0 Å². The number of rotatable bonds is 6. The number of aryl methyl sites for hydroxylation is 1. The topological polar surface area (TPSA) is 61.7 Å². The zero-order valence-electron chi connectivity index (χ0n) is 17.9. The Hall–Kier alpha value is -2.67. The van der Waals surface area contributed by atoms with E-state index in [-0.39, 0.29) is 11.8 Å². The molecule has 0 spiro atoms. The lowest BCUT2D eigenvalue weighted by Gasteiger charge is -2.34. The van der Waals surface area contributed by atoms with Crippen molar-refractivity contribution in [1.29, 1.82) is 0 Å². The fraction of sp³-hybridized carbons (Fsp3) is 0.500. The molecule has 29 heavy (non-hydrogen) atoms. The number of benzene rings is 1. The minimum absolute atomic E-state index is 0.103. The van der Waals surface area contributed by atoms with Gasteiger partial charge in [-0.2, -0.15) is 5.10 Å². The third kappa shape index (κ3) is 5.03. The summed E-state index contributed by atoms with van der Waals surface area (Å²) in [6.07, 6.45) is 1.18. The van der Waals surface area contributed by atoms with E-state index in [1.165, 1.54) is 0 Å². The molecule has 7 nitrogen and oxygen atoms in total. The largest absolute Gasteiger partial charge is 0.348 e. The Morgan fingerprint density at radius 3 is 2.31 bits per heavy atom. The summed E-state index contributed by atoms with van der Waals surface area (Å²) < 4.78 is 1.95. The van der Waals surface area contributed by atoms with Crippen molar-refractivity contribution in [3.8, 4) is 5.69 Å². The van der Waals surface area contributed by atoms with E-state index >= 15 is 0 Å². The summed E-state index contributed by atoms with van der Waals surface area (Å²) in [5.74, 6) is 0.279. The number of carbonyl (C=O) groups is 2. The molecule has 1 fully saturated rings. The number of likely N-dealkylation sites (N-methyl/N-ethyl adjacent to an activating group) is 1. The van der Waals surface area contributed by atoms with E-state index in [1.807, 2.05) is 46.8 Å². The minimum atomic E-state index is 0.103. The normalized spacial score (nSPS) is 14.8. The van der Waals surface area contributed by atoms with Crippen LogP contribution in [0.2, 0.25) is 0 Å². The summed E-state index contributed by atoms with van der Waals surface area (Å²) in [5, 5.41) is 4.67. The van der Waals surface area contributed by atoms with Crippen LogP contribution in [0.5, 0.6) is 0 Å². The van der Waals surface area contributed by atoms with Crippen molar-refractivity contribution < 1.29 is 9.59 Å². The molecule has 1 saturated heterocycles. The fourth-order valence-electron chi connectivity index (χ4n) is 3.74. The molecule has 1 aliphatic rings. The quantitative estimate of drug-likeness (QED) is 0.744. The van der Waals surface area contributed by atoms with Gasteiger partial charge in [-0.15, -0.1) is 0 Å². The first-order valence-corrected chi connectivity index (χ1v) is 10.2. The second-order valence-electron chi connectivity index (χ2n) is 7.84. The smallest absolute Gasteiger partial charge is 0.236 e. The van der Waals surface area contributed by atoms with Crippen molar-refractivity contribution >= 4 is 11.8 Å². The van der Waals surface area contributed by atoms with Crippen molar-refractivity contribution in [2.45, 2.75) is 26.7 Å². The molecule has 0 bridgehead atoms. The summed E-state index contributed by atoms with van der Waals surface area (Å²) in [6.45, 7) is 7.35. The zero-order valence-corrected chi connectivity index (χ0v) is 17.9. The van der Waals surface area contributed by atoms with Crippen LogP contribution in [0.1, 0.15) is 23.4 Å². The van der Waals surface area contributed by atoms with Gasteiger partial charge in [0, 0.05) is 52.4 Å². The van der Waals surface area contributed by atoms with Gasteiger partial charge >= 0.3 is 0 Å². The van der Waals surface area contributed by atoms with Crippen LogP contribution in [0.4, 0.5) is 0 Å². The van der Waals surface area contributed by atoms with E-state index in [0.29, 0.717) is 32.5 Å². The number of hydrogen-bond donors (Lipinski definition) is 0. The second kappa shape index (κ2) is 9.22. The lowest BCUT2D eigenvalue weighted by Crippen LogP contribution is -2.51. The SMILES string of the molecule is Cc1nn(-c2ccccc2)c(C)c1CCC(=O)N1CCN(CC(=O)N(C)C)CC1. The molecular weight excluding hydrogens is 366 g/mol. The van der Waals surface area contributed by atoms with Crippen molar-refractivity contribution in [1.82, 2.24) is 24.5 Å². The Morgan fingerprint density at radius 2 is 1.69 bits per heavy atom. The van der Waals surface area contributed by atoms with Crippen molar-refractivity contribution in [3.05, 3.63) is 47.3 Å². The van der Waals surface area contributed by atoms with Gasteiger partial charge in [-0.25, -0.2) is 4.68 Å². The average molecular weight is 398 g/mol. The van der Waals surface area contributed by atoms with Gasteiger partial charge in [-0.3, -0.25) is 14.5 Å². The van der Waals surface area contributed by atoms with Gasteiger partial charge < -0.3 is 9.80 Å². The van der Waals surface area contributed by atoms with Crippen LogP contribution >= 0.6 is 0 Å². The van der Waals surface area contributed by atoms with Gasteiger partial charge in [0.1, 0.15) is 0 Å². The van der Waals surface area contributed by atoms with Crippen LogP contribution < -0.4 is 0 Å². The lowest BCUT2D eigenvalue weighted by molar-refractivity contribution is -0.134. The van der Waals surface area contributed by atoms with E-state index in [0.717, 1.165) is 35.7 Å². The fourth-order valence-corrected chi connectivity index (χ4v) is 3.74. The third-order valence-electron chi connectivity index (χ3n) is 5.61. The maximum atomic E-state index is 12.7. The number of carbonyl (C=O) groups excluding carboxylic acids is 2. The highest BCUT2D eigenvalue weighted by Gasteiger charge is 2.23. The van der Waals surface area contributed by atoms with Crippen molar-refractivity contribution in [3.63, 3.8) is 0 Å². The minimum Gasteiger partial charge on any atom is -0.348 e. The highest BCUT2D eigenvalue weighted by molar-refractivity contribution is 5.78. The molecule has 156 valence electrons. The number of nitrogens with zero attached hydrogens (tertiary/aromatic N) is 5. The number of hydrogen-bond acceptors (Lipinski definition) is 4. The van der Waals surface area contributed by atoms with Gasteiger partial charge in [-0.1, -0.05) is 18.2 Å². The highest BCUT2D eigenvalue weighted by atomic mass is 16.2. The molecule has 0 atom stereocenters. The van der Waals surface area contributed by atoms with Crippen LogP contribution in [-0.2, 0) is 16.0 Å². The van der Waals surface area contributed by atoms with Crippen LogP contribution in [0, 0.1) is 13.8 Å². The van der Waals surface area contributed by atoms with Crippen molar-refractivity contribution in [2.75, 3.05) is 46.8 Å². The second-order valence-corrected chi connectivity index (χ2v) is 7.84. The molecule has 0 N–H and O–H groups in total. The van der Waals surface area contributed by atoms with Crippen LogP contribution in [0.3, 0.4) is 0 Å². The Kier molecular flexibility index (Phi) is 6.69. The van der Waals surface area contributed by atoms with Crippen LogP contribution in [0.15, 0.2) is 30.3 Å². The van der Waals surface area contributed by atoms with E-state index in [4.69, 9.17) is 0 Å². The summed E-state index contributed by atoms with van der Waals surface area (Å²) in [7, 11) is 3.54. The van der Waals surface area contributed by atoms with Crippen LogP contribution in [0.25, 0.3) is 5.69 Å². The Bertz CT molecular complexity index is 852. The van der Waals surface area contributed by atoms with Gasteiger partial charge in [0.15, 0.2) is 0 Å². The van der Waals surface area contributed by atoms with Crippen LogP contribution in [-0.4, -0.2) is 83.1 Å². The third-order valence-corrected chi connectivity index (χ3v) is 5.61. The van der Waals surface area contributed by atoms with Gasteiger partial charge in [0.05, 0.1) is 17.9 Å². The molecule has 2 heterocycles. The Labute approximate surface area is 172 Å². The number of aromatic nitrogens is 2. The molecule has 3 rings (SSSR count). The molecular formula is C22H31N5O2. The van der Waals surface area contributed by atoms with E-state index in [1.54, 1.807) is 19.0 Å². The standard InChI is InChI=1S/C22H31N5O2/c1-17-20(18(2)27(23-17)19-8-6-5-7-9-19)10-11-21(28)26-14-12-25(13-15-26)16-22(29)24(3)4/h5-9H,10-16H2,1-4H3. The summed E-state index contributed by atoms with van der Waals surface area (Å²) in [5.41, 5.74) is 4.26. The molecule has 0 saturated carbocycles. The van der Waals surface area contributed by atoms with Crippen molar-refractivity contribution in [2.24, 2.45) is 0 Å². The van der Waals surface area contributed by atoms with Gasteiger partial charge in [0.2, 0.25) is 11.8 Å². The molecule has 7 heteroatoms.